The first-order chi connectivity index (χ1) is 14.1. The molecule has 1 aliphatic carbocycles. The fraction of sp³-hybridized carbons (Fsp3) is 0.450. The monoisotopic (exact) mass is 452 g/mol. The molecule has 1 aromatic heterocycles. The molecule has 1 heterocycles. The predicted octanol–water partition coefficient (Wildman–Crippen LogP) is 2.97. The van der Waals surface area contributed by atoms with E-state index in [1.165, 1.54) is 17.5 Å². The number of carbonyl (C=O) groups is 2. The molecule has 10 heteroatoms. The number of nitrogens with one attached hydrogen (secondary N) is 1. The topological polar surface area (TPSA) is 134 Å². The Morgan fingerprint density at radius 3 is 2.43 bits per heavy atom. The summed E-state index contributed by atoms with van der Waals surface area (Å²) in [6, 6.07) is 6.34. The summed E-state index contributed by atoms with van der Waals surface area (Å²) in [5.41, 5.74) is 0.682. The van der Waals surface area contributed by atoms with Crippen LogP contribution in [0.3, 0.4) is 0 Å². The van der Waals surface area contributed by atoms with Gasteiger partial charge in [0.1, 0.15) is 0 Å². The lowest BCUT2D eigenvalue weighted by Crippen LogP contribution is -2.23. The standard InChI is InChI=1S/C20H24N2O6S2/c1-30(27,28)14-8-6-13(7-9-14)15(10-12-4-2-3-5-12)18(24)22-20-21-16(11-29-20)17(23)19(25)26/h6-9,11-12,15,17,23H,2-5,10H2,1H3,(H,25,26)(H,21,22,24). The number of anilines is 1. The molecule has 0 radical (unpaired) electrons. The fourth-order valence-electron chi connectivity index (χ4n) is 3.71. The zero-order valence-corrected chi connectivity index (χ0v) is 18.1. The van der Waals surface area contributed by atoms with Crippen molar-refractivity contribution in [1.82, 2.24) is 4.98 Å². The molecule has 1 amide bonds. The van der Waals surface area contributed by atoms with Crippen LogP contribution in [0.2, 0.25) is 0 Å². The van der Waals surface area contributed by atoms with Gasteiger partial charge in [0, 0.05) is 11.6 Å². The highest BCUT2D eigenvalue weighted by atomic mass is 32.2. The van der Waals surface area contributed by atoms with Gasteiger partial charge >= 0.3 is 5.97 Å². The van der Waals surface area contributed by atoms with E-state index < -0.39 is 27.8 Å². The summed E-state index contributed by atoms with van der Waals surface area (Å²) in [7, 11) is -3.33. The Kier molecular flexibility index (Phi) is 6.89. The normalized spacial score (nSPS) is 16.9. The number of carboxylic acids is 1. The van der Waals surface area contributed by atoms with Crippen molar-refractivity contribution in [3.05, 3.63) is 40.9 Å². The Morgan fingerprint density at radius 1 is 1.23 bits per heavy atom. The van der Waals surface area contributed by atoms with Crippen LogP contribution >= 0.6 is 11.3 Å². The number of aliphatic hydroxyl groups excluding tert-OH is 1. The number of hydrogen-bond acceptors (Lipinski definition) is 7. The minimum Gasteiger partial charge on any atom is -0.479 e. The molecule has 0 saturated heterocycles. The number of benzene rings is 1. The van der Waals surface area contributed by atoms with Crippen molar-refractivity contribution >= 4 is 38.2 Å². The molecule has 0 spiro atoms. The van der Waals surface area contributed by atoms with Crippen LogP contribution in [0.25, 0.3) is 0 Å². The summed E-state index contributed by atoms with van der Waals surface area (Å²) in [5, 5.41) is 22.8. The first-order valence-corrected chi connectivity index (χ1v) is 12.4. The van der Waals surface area contributed by atoms with Crippen molar-refractivity contribution in [2.24, 2.45) is 5.92 Å². The maximum absolute atomic E-state index is 13.1. The summed E-state index contributed by atoms with van der Waals surface area (Å²) in [6.07, 6.45) is 4.40. The van der Waals surface area contributed by atoms with E-state index in [2.05, 4.69) is 10.3 Å². The van der Waals surface area contributed by atoms with Crippen LogP contribution < -0.4 is 5.32 Å². The molecule has 30 heavy (non-hydrogen) atoms. The molecular weight excluding hydrogens is 428 g/mol. The number of hydrogen-bond donors (Lipinski definition) is 3. The molecule has 2 unspecified atom stereocenters. The number of aromatic nitrogens is 1. The van der Waals surface area contributed by atoms with Gasteiger partial charge < -0.3 is 15.5 Å². The highest BCUT2D eigenvalue weighted by Gasteiger charge is 2.28. The van der Waals surface area contributed by atoms with E-state index >= 15 is 0 Å². The second-order valence-corrected chi connectivity index (χ2v) is 10.5. The average molecular weight is 453 g/mol. The lowest BCUT2D eigenvalue weighted by molar-refractivity contribution is -0.147. The molecule has 1 aliphatic rings. The average Bonchev–Trinajstić information content (AvgIpc) is 3.36. The molecule has 0 aliphatic heterocycles. The number of amides is 1. The van der Waals surface area contributed by atoms with Gasteiger partial charge in [-0.2, -0.15) is 0 Å². The summed E-state index contributed by atoms with van der Waals surface area (Å²) in [6.45, 7) is 0. The SMILES string of the molecule is CS(=O)(=O)c1ccc(C(CC2CCCC2)C(=O)Nc2nc(C(O)C(=O)O)cs2)cc1. The van der Waals surface area contributed by atoms with Gasteiger partial charge in [0.05, 0.1) is 16.5 Å². The first-order valence-electron chi connectivity index (χ1n) is 9.62. The lowest BCUT2D eigenvalue weighted by Gasteiger charge is -2.20. The lowest BCUT2D eigenvalue weighted by atomic mass is 9.87. The van der Waals surface area contributed by atoms with E-state index in [0.29, 0.717) is 17.9 Å². The van der Waals surface area contributed by atoms with E-state index in [9.17, 15) is 23.1 Å². The van der Waals surface area contributed by atoms with Crippen LogP contribution in [-0.4, -0.2) is 41.7 Å². The molecule has 2 atom stereocenters. The Balaban J connectivity index is 1.81. The Labute approximate surface area is 178 Å². The zero-order valence-electron chi connectivity index (χ0n) is 16.4. The molecule has 3 N–H and O–H groups in total. The van der Waals surface area contributed by atoms with Crippen LogP contribution in [0.4, 0.5) is 5.13 Å². The molecule has 2 aromatic rings. The number of aliphatic carboxylic acids is 1. The number of carbonyl (C=O) groups excluding carboxylic acids is 1. The van der Waals surface area contributed by atoms with E-state index in [1.54, 1.807) is 12.1 Å². The molecule has 1 aromatic carbocycles. The summed E-state index contributed by atoms with van der Waals surface area (Å²) >= 11 is 1.04. The fourth-order valence-corrected chi connectivity index (χ4v) is 5.07. The van der Waals surface area contributed by atoms with Crippen LogP contribution in [0.5, 0.6) is 0 Å². The number of thiazole rings is 1. The maximum Gasteiger partial charge on any atom is 0.338 e. The van der Waals surface area contributed by atoms with Gasteiger partial charge in [-0.25, -0.2) is 18.2 Å². The highest BCUT2D eigenvalue weighted by molar-refractivity contribution is 7.90. The Morgan fingerprint density at radius 2 is 1.87 bits per heavy atom. The van der Waals surface area contributed by atoms with Gasteiger partial charge in [0.15, 0.2) is 21.1 Å². The van der Waals surface area contributed by atoms with Crippen LogP contribution in [0, 0.1) is 5.92 Å². The summed E-state index contributed by atoms with van der Waals surface area (Å²) in [5.74, 6) is -1.78. The molecule has 3 rings (SSSR count). The number of sulfone groups is 1. The smallest absolute Gasteiger partial charge is 0.338 e. The van der Waals surface area contributed by atoms with Crippen LogP contribution in [-0.2, 0) is 19.4 Å². The maximum atomic E-state index is 13.1. The second kappa shape index (κ2) is 9.23. The minimum atomic E-state index is -3.33. The zero-order chi connectivity index (χ0) is 21.9. The van der Waals surface area contributed by atoms with Crippen molar-refractivity contribution < 1.29 is 28.2 Å². The predicted molar refractivity (Wildman–Crippen MR) is 112 cm³/mol. The highest BCUT2D eigenvalue weighted by Crippen LogP contribution is 2.35. The van der Waals surface area contributed by atoms with Gasteiger partial charge in [-0.3, -0.25) is 4.79 Å². The van der Waals surface area contributed by atoms with Crippen molar-refractivity contribution in [3.63, 3.8) is 0 Å². The van der Waals surface area contributed by atoms with Gasteiger partial charge in [-0.15, -0.1) is 11.3 Å². The second-order valence-electron chi connectivity index (χ2n) is 7.59. The van der Waals surface area contributed by atoms with Gasteiger partial charge in [0.25, 0.3) is 0 Å². The number of rotatable bonds is 8. The van der Waals surface area contributed by atoms with Crippen LogP contribution in [0.1, 0.15) is 55.4 Å². The molecular formula is C20H24N2O6S2. The van der Waals surface area contributed by atoms with Gasteiger partial charge in [-0.05, 0) is 30.0 Å². The molecule has 8 nitrogen and oxygen atoms in total. The van der Waals surface area contributed by atoms with E-state index in [-0.39, 0.29) is 21.6 Å². The minimum absolute atomic E-state index is 0.0346. The largest absolute Gasteiger partial charge is 0.479 e. The number of carboxylic acid groups (broad SMARTS) is 1. The number of aliphatic hydroxyl groups is 1. The van der Waals surface area contributed by atoms with Crippen molar-refractivity contribution in [1.29, 1.82) is 0 Å². The van der Waals surface area contributed by atoms with Gasteiger partial charge in [-0.1, -0.05) is 37.8 Å². The van der Waals surface area contributed by atoms with Crippen LogP contribution in [0.15, 0.2) is 34.5 Å². The third-order valence-corrected chi connectivity index (χ3v) is 7.24. The molecule has 162 valence electrons. The quantitative estimate of drug-likeness (QED) is 0.560. The Bertz CT molecular complexity index is 1010. The van der Waals surface area contributed by atoms with E-state index in [1.807, 2.05) is 0 Å². The summed E-state index contributed by atoms with van der Waals surface area (Å²) in [4.78, 5) is 28.1. The Hall–Kier alpha value is -2.30. The van der Waals surface area contributed by atoms with Crippen molar-refractivity contribution in [2.75, 3.05) is 11.6 Å². The van der Waals surface area contributed by atoms with Gasteiger partial charge in [0.2, 0.25) is 5.91 Å². The van der Waals surface area contributed by atoms with Crippen molar-refractivity contribution in [3.8, 4) is 0 Å². The molecule has 1 saturated carbocycles. The first kappa shape index (κ1) is 22.4. The van der Waals surface area contributed by atoms with E-state index in [4.69, 9.17) is 5.11 Å². The number of nitrogens with zero attached hydrogens (tertiary/aromatic N) is 1. The van der Waals surface area contributed by atoms with E-state index in [0.717, 1.165) is 43.3 Å². The molecule has 0 bridgehead atoms. The molecule has 1 fully saturated rings. The summed E-state index contributed by atoms with van der Waals surface area (Å²) < 4.78 is 23.4. The third kappa shape index (κ3) is 5.44. The third-order valence-electron chi connectivity index (χ3n) is 5.34. The van der Waals surface area contributed by atoms with Crippen molar-refractivity contribution in [2.45, 2.75) is 49.0 Å².